The number of carboxylic acids is 1. The fraction of sp³-hybridized carbons (Fsp3) is 0.423. The Kier molecular flexibility index (Phi) is 4.24. The standard InChI is InChI=1S/C26H30O3/c1-16(2)26(15-29-22-10-7-17(23(27)28)13-21(22)26)18-8-9-19-20(14-18)25(5,6)12-11-24(19,3)4/h7-10,13-14H,1,11-12,15H2,2-6H3,(H,27,28). The summed E-state index contributed by atoms with van der Waals surface area (Å²) in [6.07, 6.45) is 2.32. The van der Waals surface area contributed by atoms with E-state index in [1.165, 1.54) is 17.5 Å². The van der Waals surface area contributed by atoms with E-state index in [1.807, 2.05) is 6.92 Å². The van der Waals surface area contributed by atoms with Crippen LogP contribution in [0, 0.1) is 0 Å². The third kappa shape index (κ3) is 2.82. The fourth-order valence-corrected chi connectivity index (χ4v) is 5.08. The van der Waals surface area contributed by atoms with Gasteiger partial charge < -0.3 is 9.84 Å². The van der Waals surface area contributed by atoms with E-state index in [0.29, 0.717) is 6.61 Å². The third-order valence-electron chi connectivity index (χ3n) is 7.20. The van der Waals surface area contributed by atoms with Gasteiger partial charge >= 0.3 is 5.97 Å². The molecule has 1 aliphatic carbocycles. The van der Waals surface area contributed by atoms with Crippen LogP contribution in [0.4, 0.5) is 0 Å². The van der Waals surface area contributed by atoms with Crippen LogP contribution in [0.3, 0.4) is 0 Å². The van der Waals surface area contributed by atoms with Gasteiger partial charge in [-0.3, -0.25) is 0 Å². The van der Waals surface area contributed by atoms with Crippen molar-refractivity contribution in [2.24, 2.45) is 0 Å². The zero-order valence-electron chi connectivity index (χ0n) is 18.1. The van der Waals surface area contributed by atoms with Crippen LogP contribution in [0.5, 0.6) is 5.75 Å². The van der Waals surface area contributed by atoms with E-state index in [2.05, 4.69) is 52.5 Å². The summed E-state index contributed by atoms with van der Waals surface area (Å²) in [7, 11) is 0. The molecule has 0 saturated heterocycles. The molecule has 0 spiro atoms. The van der Waals surface area contributed by atoms with Crippen LogP contribution in [-0.4, -0.2) is 17.7 Å². The summed E-state index contributed by atoms with van der Waals surface area (Å²) in [6.45, 7) is 16.1. The predicted octanol–water partition coefficient (Wildman–Crippen LogP) is 5.99. The maximum Gasteiger partial charge on any atom is 0.335 e. The summed E-state index contributed by atoms with van der Waals surface area (Å²) in [5, 5.41) is 9.52. The van der Waals surface area contributed by atoms with Crippen molar-refractivity contribution in [3.8, 4) is 5.75 Å². The molecular formula is C26H30O3. The molecule has 0 amide bonds. The van der Waals surface area contributed by atoms with Crippen LogP contribution in [0.2, 0.25) is 0 Å². The van der Waals surface area contributed by atoms with Crippen molar-refractivity contribution in [1.29, 1.82) is 0 Å². The Morgan fingerprint density at radius 2 is 1.62 bits per heavy atom. The van der Waals surface area contributed by atoms with E-state index in [-0.39, 0.29) is 16.4 Å². The number of hydrogen-bond acceptors (Lipinski definition) is 2. The first kappa shape index (κ1) is 19.8. The molecule has 3 heteroatoms. The lowest BCUT2D eigenvalue weighted by Crippen LogP contribution is -2.36. The molecule has 1 N–H and O–H groups in total. The lowest BCUT2D eigenvalue weighted by Gasteiger charge is -2.43. The second-order valence-corrected chi connectivity index (χ2v) is 10.0. The average Bonchev–Trinajstić information content (AvgIpc) is 3.05. The smallest absolute Gasteiger partial charge is 0.335 e. The van der Waals surface area contributed by atoms with Gasteiger partial charge in [0.05, 0.1) is 11.0 Å². The minimum absolute atomic E-state index is 0.0995. The number of benzene rings is 2. The summed E-state index contributed by atoms with van der Waals surface area (Å²) in [5.41, 5.74) is 5.79. The van der Waals surface area contributed by atoms with Crippen molar-refractivity contribution in [3.05, 3.63) is 76.4 Å². The van der Waals surface area contributed by atoms with Gasteiger partial charge in [-0.2, -0.15) is 0 Å². The monoisotopic (exact) mass is 390 g/mol. The van der Waals surface area contributed by atoms with Crippen LogP contribution in [0.15, 0.2) is 48.6 Å². The van der Waals surface area contributed by atoms with Crippen LogP contribution in [0.25, 0.3) is 0 Å². The fourth-order valence-electron chi connectivity index (χ4n) is 5.08. The van der Waals surface area contributed by atoms with Gasteiger partial charge in [-0.05, 0) is 65.5 Å². The quantitative estimate of drug-likeness (QED) is 0.655. The maximum atomic E-state index is 11.6. The molecule has 1 unspecified atom stereocenters. The highest BCUT2D eigenvalue weighted by atomic mass is 16.5. The number of fused-ring (bicyclic) bond motifs is 2. The minimum atomic E-state index is -0.927. The third-order valence-corrected chi connectivity index (χ3v) is 7.20. The molecule has 0 aromatic heterocycles. The van der Waals surface area contributed by atoms with Gasteiger partial charge in [-0.1, -0.05) is 58.0 Å². The first-order valence-electron chi connectivity index (χ1n) is 10.3. The Hall–Kier alpha value is -2.55. The van der Waals surface area contributed by atoms with Crippen molar-refractivity contribution in [3.63, 3.8) is 0 Å². The lowest BCUT2D eigenvalue weighted by molar-refractivity contribution is 0.0696. The Morgan fingerprint density at radius 1 is 0.966 bits per heavy atom. The molecule has 152 valence electrons. The number of ether oxygens (including phenoxy) is 1. The van der Waals surface area contributed by atoms with Gasteiger partial charge in [0.15, 0.2) is 0 Å². The van der Waals surface area contributed by atoms with Crippen LogP contribution in [0.1, 0.15) is 80.1 Å². The number of aromatic carboxylic acids is 1. The van der Waals surface area contributed by atoms with E-state index in [4.69, 9.17) is 4.74 Å². The van der Waals surface area contributed by atoms with Crippen molar-refractivity contribution in [2.45, 2.75) is 63.7 Å². The second-order valence-electron chi connectivity index (χ2n) is 10.0. The van der Waals surface area contributed by atoms with Gasteiger partial charge in [-0.15, -0.1) is 0 Å². The Bertz CT molecular complexity index is 1030. The first-order valence-corrected chi connectivity index (χ1v) is 10.3. The Morgan fingerprint density at radius 3 is 2.24 bits per heavy atom. The van der Waals surface area contributed by atoms with Gasteiger partial charge in [0.25, 0.3) is 0 Å². The van der Waals surface area contributed by atoms with E-state index >= 15 is 0 Å². The topological polar surface area (TPSA) is 46.5 Å². The molecule has 0 radical (unpaired) electrons. The highest BCUT2D eigenvalue weighted by Crippen LogP contribution is 2.51. The molecule has 4 rings (SSSR count). The highest BCUT2D eigenvalue weighted by molar-refractivity contribution is 5.88. The molecule has 0 bridgehead atoms. The molecule has 2 aromatic carbocycles. The summed E-state index contributed by atoms with van der Waals surface area (Å²) >= 11 is 0. The van der Waals surface area contributed by atoms with Crippen LogP contribution >= 0.6 is 0 Å². The van der Waals surface area contributed by atoms with Crippen LogP contribution in [-0.2, 0) is 16.2 Å². The molecule has 1 heterocycles. The largest absolute Gasteiger partial charge is 0.492 e. The zero-order valence-corrected chi connectivity index (χ0v) is 18.1. The molecule has 0 fully saturated rings. The zero-order chi connectivity index (χ0) is 21.2. The highest BCUT2D eigenvalue weighted by Gasteiger charge is 2.45. The summed E-state index contributed by atoms with van der Waals surface area (Å²) in [4.78, 5) is 11.6. The molecule has 2 aromatic rings. The number of rotatable bonds is 3. The molecule has 29 heavy (non-hydrogen) atoms. The predicted molar refractivity (Wildman–Crippen MR) is 116 cm³/mol. The number of hydrogen-bond donors (Lipinski definition) is 1. The SMILES string of the molecule is C=C(C)C1(c2ccc3c(c2)C(C)(C)CCC3(C)C)COc2ccc(C(=O)O)cc21. The maximum absolute atomic E-state index is 11.6. The molecule has 3 nitrogen and oxygen atoms in total. The van der Waals surface area contributed by atoms with E-state index < -0.39 is 11.4 Å². The van der Waals surface area contributed by atoms with Gasteiger partial charge in [0, 0.05) is 5.56 Å². The molecule has 1 atom stereocenters. The normalized spacial score (nSPS) is 23.6. The summed E-state index contributed by atoms with van der Waals surface area (Å²) < 4.78 is 6.05. The number of carbonyl (C=O) groups is 1. The molecule has 2 aliphatic rings. The van der Waals surface area contributed by atoms with Crippen molar-refractivity contribution >= 4 is 5.97 Å². The first-order chi connectivity index (χ1) is 13.5. The van der Waals surface area contributed by atoms with E-state index in [1.54, 1.807) is 18.2 Å². The van der Waals surface area contributed by atoms with Gasteiger partial charge in [0.2, 0.25) is 0 Å². The lowest BCUT2D eigenvalue weighted by atomic mass is 9.61. The number of carboxylic acid groups (broad SMARTS) is 1. The van der Waals surface area contributed by atoms with Gasteiger partial charge in [-0.25, -0.2) is 4.79 Å². The van der Waals surface area contributed by atoms with Gasteiger partial charge in [0.1, 0.15) is 12.4 Å². The molecule has 1 aliphatic heterocycles. The summed E-state index contributed by atoms with van der Waals surface area (Å²) in [6, 6.07) is 11.9. The second kappa shape index (κ2) is 6.22. The van der Waals surface area contributed by atoms with Crippen molar-refractivity contribution in [1.82, 2.24) is 0 Å². The van der Waals surface area contributed by atoms with Crippen molar-refractivity contribution in [2.75, 3.05) is 6.61 Å². The summed E-state index contributed by atoms with van der Waals surface area (Å²) in [5.74, 6) is -0.182. The Labute approximate surface area is 173 Å². The van der Waals surface area contributed by atoms with Crippen LogP contribution < -0.4 is 4.74 Å². The van der Waals surface area contributed by atoms with E-state index in [0.717, 1.165) is 28.9 Å². The van der Waals surface area contributed by atoms with E-state index in [9.17, 15) is 9.90 Å². The minimum Gasteiger partial charge on any atom is -0.492 e. The van der Waals surface area contributed by atoms with Crippen molar-refractivity contribution < 1.29 is 14.6 Å². The average molecular weight is 391 g/mol. The molecule has 0 saturated carbocycles. The molecular weight excluding hydrogens is 360 g/mol. The Balaban J connectivity index is 1.96.